The van der Waals surface area contributed by atoms with Gasteiger partial charge in [0.15, 0.2) is 0 Å². The summed E-state index contributed by atoms with van der Waals surface area (Å²) in [5, 5.41) is -0.222. The number of alkyl halides is 3. The molecule has 0 spiro atoms. The van der Waals surface area contributed by atoms with Crippen molar-refractivity contribution in [3.05, 3.63) is 53.1 Å². The molecule has 13 heteroatoms. The number of carbonyl (C=O) groups is 1. The monoisotopic (exact) mass is 482 g/mol. The van der Waals surface area contributed by atoms with Gasteiger partial charge in [-0.05, 0) is 42.5 Å². The molecule has 1 fully saturated rings. The van der Waals surface area contributed by atoms with Gasteiger partial charge in [-0.25, -0.2) is 21.1 Å². The largest absolute Gasteiger partial charge is 0.418 e. The fourth-order valence-electron chi connectivity index (χ4n) is 2.89. The smallest absolute Gasteiger partial charge is 0.279 e. The first-order valence-electron chi connectivity index (χ1n) is 8.29. The van der Waals surface area contributed by atoms with E-state index >= 15 is 0 Å². The van der Waals surface area contributed by atoms with Crippen molar-refractivity contribution in [3.8, 4) is 0 Å². The van der Waals surface area contributed by atoms with Crippen LogP contribution < -0.4 is 9.03 Å². The van der Waals surface area contributed by atoms with Crippen LogP contribution in [0.15, 0.2) is 47.4 Å². The number of hydrogen-bond acceptors (Lipinski definition) is 5. The maximum absolute atomic E-state index is 13.2. The van der Waals surface area contributed by atoms with Crippen molar-refractivity contribution in [1.29, 1.82) is 0 Å². The van der Waals surface area contributed by atoms with Crippen LogP contribution in [0, 0.1) is 5.92 Å². The lowest BCUT2D eigenvalue weighted by atomic mass is 10.2. The second-order valence-electron chi connectivity index (χ2n) is 6.57. The van der Waals surface area contributed by atoms with Crippen molar-refractivity contribution in [2.24, 2.45) is 5.92 Å². The molecule has 7 nitrogen and oxygen atoms in total. The summed E-state index contributed by atoms with van der Waals surface area (Å²) < 4.78 is 91.3. The van der Waals surface area contributed by atoms with Crippen LogP contribution in [0.2, 0.25) is 5.02 Å². The predicted octanol–water partition coefficient (Wildman–Crippen LogP) is 3.47. The van der Waals surface area contributed by atoms with Crippen LogP contribution >= 0.6 is 11.6 Å². The SMILES string of the molecule is C[C@H]1CS(=O)(=O)N(c2ccc(S(=O)(=O)Nc3ccc(Cl)cc3C(F)(F)F)cc2)C1=O. The molecule has 1 amide bonds. The van der Waals surface area contributed by atoms with Crippen molar-refractivity contribution >= 4 is 48.9 Å². The predicted molar refractivity (Wildman–Crippen MR) is 104 cm³/mol. The van der Waals surface area contributed by atoms with Gasteiger partial charge in [-0.2, -0.15) is 13.2 Å². The Hall–Kier alpha value is -2.31. The van der Waals surface area contributed by atoms with Crippen LogP contribution in [0.1, 0.15) is 12.5 Å². The van der Waals surface area contributed by atoms with Gasteiger partial charge < -0.3 is 0 Å². The number of amides is 1. The summed E-state index contributed by atoms with van der Waals surface area (Å²) in [6.07, 6.45) is -4.85. The molecule has 1 aliphatic rings. The van der Waals surface area contributed by atoms with Crippen molar-refractivity contribution in [3.63, 3.8) is 0 Å². The minimum Gasteiger partial charge on any atom is -0.279 e. The summed E-state index contributed by atoms with van der Waals surface area (Å²) in [5.41, 5.74) is -2.05. The zero-order chi connectivity index (χ0) is 22.5. The molecule has 0 bridgehead atoms. The zero-order valence-electron chi connectivity index (χ0n) is 15.1. The van der Waals surface area contributed by atoms with Crippen molar-refractivity contribution in [2.75, 3.05) is 14.8 Å². The first-order chi connectivity index (χ1) is 13.7. The Bertz CT molecular complexity index is 1210. The number of sulfonamides is 2. The highest BCUT2D eigenvalue weighted by atomic mass is 35.5. The molecule has 1 saturated heterocycles. The van der Waals surface area contributed by atoms with Gasteiger partial charge in [-0.1, -0.05) is 18.5 Å². The molecule has 1 atom stereocenters. The first-order valence-corrected chi connectivity index (χ1v) is 11.8. The Morgan fingerprint density at radius 2 is 1.73 bits per heavy atom. The van der Waals surface area contributed by atoms with E-state index in [1.165, 1.54) is 6.92 Å². The molecule has 0 unspecified atom stereocenters. The van der Waals surface area contributed by atoms with Crippen molar-refractivity contribution < 1.29 is 34.8 Å². The Morgan fingerprint density at radius 1 is 1.13 bits per heavy atom. The lowest BCUT2D eigenvalue weighted by Gasteiger charge is -2.17. The number of benzene rings is 2. The number of carbonyl (C=O) groups excluding carboxylic acids is 1. The van der Waals surface area contributed by atoms with Gasteiger partial charge in [0, 0.05) is 5.02 Å². The van der Waals surface area contributed by atoms with Gasteiger partial charge in [0.25, 0.3) is 10.0 Å². The summed E-state index contributed by atoms with van der Waals surface area (Å²) in [4.78, 5) is 11.7. The molecule has 2 aromatic rings. The molecule has 0 saturated carbocycles. The van der Waals surface area contributed by atoms with E-state index in [2.05, 4.69) is 0 Å². The molecular formula is C17H14ClF3N2O5S2. The molecule has 30 heavy (non-hydrogen) atoms. The molecule has 0 aliphatic carbocycles. The lowest BCUT2D eigenvalue weighted by molar-refractivity contribution is -0.136. The molecule has 2 aromatic carbocycles. The average molecular weight is 483 g/mol. The summed E-state index contributed by atoms with van der Waals surface area (Å²) in [6.45, 7) is 1.45. The highest BCUT2D eigenvalue weighted by Crippen LogP contribution is 2.37. The minimum absolute atomic E-state index is 0.0641. The van der Waals surface area contributed by atoms with Gasteiger partial charge in [-0.3, -0.25) is 9.52 Å². The maximum atomic E-state index is 13.2. The van der Waals surface area contributed by atoms with Crippen molar-refractivity contribution in [1.82, 2.24) is 0 Å². The Balaban J connectivity index is 1.93. The Morgan fingerprint density at radius 3 is 2.23 bits per heavy atom. The van der Waals surface area contributed by atoms with Crippen LogP contribution in [0.3, 0.4) is 0 Å². The quantitative estimate of drug-likeness (QED) is 0.719. The molecule has 0 aromatic heterocycles. The first kappa shape index (κ1) is 22.4. The second kappa shape index (κ2) is 7.43. The van der Waals surface area contributed by atoms with E-state index in [9.17, 15) is 34.8 Å². The third-order valence-corrected chi connectivity index (χ3v) is 7.76. The molecule has 162 valence electrons. The minimum atomic E-state index is -4.85. The van der Waals surface area contributed by atoms with Gasteiger partial charge in [-0.15, -0.1) is 0 Å². The molecule has 0 radical (unpaired) electrons. The van der Waals surface area contributed by atoms with Crippen LogP contribution in [-0.4, -0.2) is 28.5 Å². The fourth-order valence-corrected chi connectivity index (χ4v) is 5.96. The second-order valence-corrected chi connectivity index (χ2v) is 10.6. The number of anilines is 2. The van der Waals surface area contributed by atoms with Crippen molar-refractivity contribution in [2.45, 2.75) is 18.0 Å². The van der Waals surface area contributed by atoms with Crippen LogP contribution in [0.4, 0.5) is 24.5 Å². The third-order valence-electron chi connectivity index (χ3n) is 4.27. The van der Waals surface area contributed by atoms with E-state index in [1.54, 1.807) is 0 Å². The van der Waals surface area contributed by atoms with Gasteiger partial charge in [0.1, 0.15) is 0 Å². The third kappa shape index (κ3) is 4.25. The van der Waals surface area contributed by atoms with E-state index in [4.69, 9.17) is 11.6 Å². The summed E-state index contributed by atoms with van der Waals surface area (Å²) in [5.74, 6) is -1.77. The molecule has 3 rings (SSSR count). The van der Waals surface area contributed by atoms with E-state index in [1.807, 2.05) is 4.72 Å². The topological polar surface area (TPSA) is 101 Å². The summed E-state index contributed by atoms with van der Waals surface area (Å²) >= 11 is 5.58. The van der Waals surface area contributed by atoms with Crippen LogP contribution in [0.25, 0.3) is 0 Å². The lowest BCUT2D eigenvalue weighted by Crippen LogP contribution is -2.30. The molecule has 1 heterocycles. The zero-order valence-corrected chi connectivity index (χ0v) is 17.5. The van der Waals surface area contributed by atoms with E-state index in [-0.39, 0.29) is 16.5 Å². The Kier molecular flexibility index (Phi) is 5.54. The normalized spacial score (nSPS) is 19.2. The highest BCUT2D eigenvalue weighted by Gasteiger charge is 2.42. The number of nitrogens with one attached hydrogen (secondary N) is 1. The molecule has 1 aliphatic heterocycles. The van der Waals surface area contributed by atoms with Gasteiger partial charge >= 0.3 is 6.18 Å². The Labute approximate surface area is 175 Å². The number of nitrogens with zero attached hydrogens (tertiary/aromatic N) is 1. The van der Waals surface area contributed by atoms with Gasteiger partial charge in [0.2, 0.25) is 15.9 Å². The fraction of sp³-hybridized carbons (Fsp3) is 0.235. The summed E-state index contributed by atoms with van der Waals surface area (Å²) in [6, 6.07) is 6.74. The highest BCUT2D eigenvalue weighted by molar-refractivity contribution is 7.94. The maximum Gasteiger partial charge on any atom is 0.418 e. The van der Waals surface area contributed by atoms with Crippen LogP contribution in [-0.2, 0) is 31.0 Å². The summed E-state index contributed by atoms with van der Waals surface area (Å²) in [7, 11) is -8.33. The number of halogens is 4. The van der Waals surface area contributed by atoms with E-state index in [0.717, 1.165) is 36.4 Å². The number of rotatable bonds is 4. The van der Waals surface area contributed by atoms with E-state index in [0.29, 0.717) is 10.4 Å². The molecule has 1 N–H and O–H groups in total. The number of hydrogen-bond donors (Lipinski definition) is 1. The van der Waals surface area contributed by atoms with Crippen LogP contribution in [0.5, 0.6) is 0 Å². The average Bonchev–Trinajstić information content (AvgIpc) is 2.82. The standard InChI is InChI=1S/C17H14ClF3N2O5S2/c1-10-9-29(25,26)23(16(10)24)12-3-5-13(6-4-12)30(27,28)22-15-7-2-11(18)8-14(15)17(19,20)21/h2-8,10,22H,9H2,1H3/t10-/m0/s1. The molecular weight excluding hydrogens is 469 g/mol. The van der Waals surface area contributed by atoms with Gasteiger partial charge in [0.05, 0.1) is 33.5 Å². The van der Waals surface area contributed by atoms with E-state index < -0.39 is 54.2 Å².